The molecule has 0 bridgehead atoms. The lowest BCUT2D eigenvalue weighted by Gasteiger charge is -2.27. The van der Waals surface area contributed by atoms with E-state index in [4.69, 9.17) is 26.8 Å². The maximum Gasteiger partial charge on any atom is 0.205 e. The number of benzene rings is 3. The number of hydrogen-bond acceptors (Lipinski definition) is 5. The summed E-state index contributed by atoms with van der Waals surface area (Å²) >= 11 is 10.4. The molecule has 3 N–H and O–H groups in total. The first-order chi connectivity index (χ1) is 14.9. The first kappa shape index (κ1) is 22.0. The number of rotatable bonds is 4. The Hall–Kier alpha value is -2.16. The van der Waals surface area contributed by atoms with Crippen molar-refractivity contribution in [3.05, 3.63) is 94.9 Å². The summed E-state index contributed by atoms with van der Waals surface area (Å²) in [5.41, 5.74) is 9.03. The van der Waals surface area contributed by atoms with Crippen LogP contribution < -0.4 is 15.2 Å². The predicted octanol–water partition coefficient (Wildman–Crippen LogP) is 6.05. The van der Waals surface area contributed by atoms with E-state index < -0.39 is 5.92 Å². The molecule has 0 unspecified atom stereocenters. The van der Waals surface area contributed by atoms with E-state index in [2.05, 4.69) is 51.3 Å². The van der Waals surface area contributed by atoms with E-state index in [0.29, 0.717) is 23.0 Å². The number of aromatic hydroxyl groups is 1. The van der Waals surface area contributed by atoms with Crippen LogP contribution >= 0.6 is 56.8 Å². The molecule has 0 amide bonds. The Morgan fingerprint density at radius 3 is 2.42 bits per heavy atom. The average Bonchev–Trinajstić information content (AvgIpc) is 2.73. The van der Waals surface area contributed by atoms with E-state index in [1.54, 1.807) is 12.1 Å². The lowest BCUT2D eigenvalue weighted by molar-refractivity contribution is 0.301. The van der Waals surface area contributed by atoms with Crippen molar-refractivity contribution >= 4 is 56.8 Å². The Morgan fingerprint density at radius 1 is 1.10 bits per heavy atom. The second-order valence-corrected chi connectivity index (χ2v) is 9.64. The molecule has 0 spiro atoms. The first-order valence-electron chi connectivity index (χ1n) is 9.14. The molecule has 0 aromatic heterocycles. The van der Waals surface area contributed by atoms with E-state index in [1.807, 2.05) is 36.4 Å². The van der Waals surface area contributed by atoms with Crippen molar-refractivity contribution < 1.29 is 14.6 Å². The van der Waals surface area contributed by atoms with Crippen molar-refractivity contribution in [1.29, 1.82) is 5.26 Å². The van der Waals surface area contributed by atoms with Gasteiger partial charge in [-0.3, -0.25) is 0 Å². The zero-order chi connectivity index (χ0) is 22.1. The van der Waals surface area contributed by atoms with Crippen molar-refractivity contribution in [1.82, 2.24) is 0 Å². The van der Waals surface area contributed by atoms with Crippen molar-refractivity contribution in [2.45, 2.75) is 12.5 Å². The monoisotopic (exact) mass is 656 g/mol. The van der Waals surface area contributed by atoms with Crippen LogP contribution in [0.25, 0.3) is 0 Å². The summed E-state index contributed by atoms with van der Waals surface area (Å²) in [6.07, 6.45) is 0. The number of phenols is 1. The van der Waals surface area contributed by atoms with Crippen molar-refractivity contribution in [2.75, 3.05) is 0 Å². The van der Waals surface area contributed by atoms with E-state index in [9.17, 15) is 10.4 Å². The molecule has 8 heteroatoms. The number of ether oxygens (including phenoxy) is 2. The number of halogens is 3. The molecule has 5 nitrogen and oxygen atoms in total. The number of allylic oxidation sites excluding steroid dienone is 1. The molecule has 1 heterocycles. The summed E-state index contributed by atoms with van der Waals surface area (Å²) in [5, 5.41) is 20.2. The molecule has 31 heavy (non-hydrogen) atoms. The molecule has 1 aliphatic heterocycles. The first-order valence-corrected chi connectivity index (χ1v) is 11.7. The van der Waals surface area contributed by atoms with Crippen LogP contribution in [-0.4, -0.2) is 5.11 Å². The minimum Gasteiger partial charge on any atom is -0.508 e. The Bertz CT molecular complexity index is 1210. The number of phenolic OH excluding ortho intramolecular Hbond substituents is 1. The van der Waals surface area contributed by atoms with Crippen LogP contribution in [0.4, 0.5) is 0 Å². The van der Waals surface area contributed by atoms with Gasteiger partial charge in [0.05, 0.1) is 13.1 Å². The smallest absolute Gasteiger partial charge is 0.205 e. The zero-order valence-electron chi connectivity index (χ0n) is 15.9. The van der Waals surface area contributed by atoms with Gasteiger partial charge in [-0.25, -0.2) is 0 Å². The molecular weight excluding hydrogens is 642 g/mol. The van der Waals surface area contributed by atoms with Crippen LogP contribution in [0.5, 0.6) is 17.2 Å². The highest BCUT2D eigenvalue weighted by molar-refractivity contribution is 14.1. The minimum absolute atomic E-state index is 0.0404. The van der Waals surface area contributed by atoms with E-state index in [-0.39, 0.29) is 11.6 Å². The number of hydrogen-bond donors (Lipinski definition) is 2. The summed E-state index contributed by atoms with van der Waals surface area (Å²) in [7, 11) is 0. The highest BCUT2D eigenvalue weighted by Crippen LogP contribution is 2.45. The third kappa shape index (κ3) is 4.56. The van der Waals surface area contributed by atoms with E-state index in [0.717, 1.165) is 29.6 Å². The van der Waals surface area contributed by atoms with Gasteiger partial charge in [-0.05, 0) is 86.6 Å². The predicted molar refractivity (Wildman–Crippen MR) is 135 cm³/mol. The molecule has 4 rings (SSSR count). The molecule has 0 saturated heterocycles. The fourth-order valence-corrected chi connectivity index (χ4v) is 5.66. The summed E-state index contributed by atoms with van der Waals surface area (Å²) in [4.78, 5) is 0. The normalized spacial score (nSPS) is 15.1. The standard InChI is InChI=1S/C23H15ClI2N2O3/c24-14-3-1-12(2-4-14)11-30-22-18(25)7-13(8-19(22)26)21-16-6-5-15(29)9-20(16)31-23(28)17(21)10-27/h1-9,21,29H,11,28H2/t21-/m1/s1. The van der Waals surface area contributed by atoms with Crippen LogP contribution in [-0.2, 0) is 6.61 Å². The zero-order valence-corrected chi connectivity index (χ0v) is 21.0. The molecule has 1 aliphatic rings. The summed E-state index contributed by atoms with van der Waals surface area (Å²) in [5.74, 6) is 0.920. The summed E-state index contributed by atoms with van der Waals surface area (Å²) in [6.45, 7) is 0.415. The molecule has 0 radical (unpaired) electrons. The number of nitriles is 1. The van der Waals surface area contributed by atoms with Gasteiger partial charge >= 0.3 is 0 Å². The average molecular weight is 657 g/mol. The van der Waals surface area contributed by atoms with Crippen LogP contribution in [0.2, 0.25) is 5.02 Å². The molecular formula is C23H15ClI2N2O3. The number of fused-ring (bicyclic) bond motifs is 1. The van der Waals surface area contributed by atoms with Gasteiger partial charge in [0.2, 0.25) is 5.88 Å². The highest BCUT2D eigenvalue weighted by atomic mass is 127. The molecule has 3 aromatic carbocycles. The molecule has 3 aromatic rings. The van der Waals surface area contributed by atoms with Crippen LogP contribution in [0, 0.1) is 18.5 Å². The highest BCUT2D eigenvalue weighted by Gasteiger charge is 2.31. The second-order valence-electron chi connectivity index (χ2n) is 6.88. The third-order valence-corrected chi connectivity index (χ3v) is 6.71. The number of nitrogens with two attached hydrogens (primary N) is 1. The summed E-state index contributed by atoms with van der Waals surface area (Å²) < 4.78 is 13.5. The third-order valence-electron chi connectivity index (χ3n) is 4.85. The van der Waals surface area contributed by atoms with Gasteiger partial charge in [0.1, 0.15) is 35.5 Å². The molecule has 1 atom stereocenters. The Kier molecular flexibility index (Phi) is 6.50. The van der Waals surface area contributed by atoms with Gasteiger partial charge in [-0.2, -0.15) is 5.26 Å². The minimum atomic E-state index is -0.401. The van der Waals surface area contributed by atoms with E-state index in [1.165, 1.54) is 6.07 Å². The maximum atomic E-state index is 9.82. The van der Waals surface area contributed by atoms with Gasteiger partial charge in [0.25, 0.3) is 0 Å². The molecule has 0 aliphatic carbocycles. The van der Waals surface area contributed by atoms with Gasteiger partial charge in [-0.15, -0.1) is 0 Å². The Morgan fingerprint density at radius 2 is 1.77 bits per heavy atom. The quantitative estimate of drug-likeness (QED) is 0.334. The fraction of sp³-hybridized carbons (Fsp3) is 0.0870. The lowest BCUT2D eigenvalue weighted by atomic mass is 9.83. The molecule has 0 fully saturated rings. The van der Waals surface area contributed by atoms with Crippen molar-refractivity contribution in [2.24, 2.45) is 5.73 Å². The van der Waals surface area contributed by atoms with Gasteiger partial charge in [-0.1, -0.05) is 29.8 Å². The van der Waals surface area contributed by atoms with Crippen LogP contribution in [0.15, 0.2) is 66.1 Å². The Labute approximate surface area is 211 Å². The maximum absolute atomic E-state index is 9.82. The van der Waals surface area contributed by atoms with Gasteiger partial charge in [0.15, 0.2) is 0 Å². The van der Waals surface area contributed by atoms with Crippen molar-refractivity contribution in [3.8, 4) is 23.3 Å². The van der Waals surface area contributed by atoms with Crippen LogP contribution in [0.3, 0.4) is 0 Å². The topological polar surface area (TPSA) is 88.5 Å². The second kappa shape index (κ2) is 9.14. The Balaban J connectivity index is 1.70. The fourth-order valence-electron chi connectivity index (χ4n) is 3.41. The van der Waals surface area contributed by atoms with Crippen molar-refractivity contribution in [3.63, 3.8) is 0 Å². The molecule has 0 saturated carbocycles. The summed E-state index contributed by atoms with van der Waals surface area (Å²) in [6, 6.07) is 18.5. The number of nitrogens with zero attached hydrogens (tertiary/aromatic N) is 1. The van der Waals surface area contributed by atoms with Gasteiger partial charge in [0, 0.05) is 16.7 Å². The van der Waals surface area contributed by atoms with Gasteiger partial charge < -0.3 is 20.3 Å². The molecule has 156 valence electrons. The lowest BCUT2D eigenvalue weighted by Crippen LogP contribution is -2.21. The van der Waals surface area contributed by atoms with E-state index >= 15 is 0 Å². The van der Waals surface area contributed by atoms with Crippen LogP contribution in [0.1, 0.15) is 22.6 Å². The SMILES string of the molecule is N#CC1=C(N)Oc2cc(O)ccc2[C@H]1c1cc(I)c(OCc2ccc(Cl)cc2)c(I)c1. The largest absolute Gasteiger partial charge is 0.508 e.